The van der Waals surface area contributed by atoms with Crippen LogP contribution in [0.5, 0.6) is 0 Å². The van der Waals surface area contributed by atoms with Crippen molar-refractivity contribution >= 4 is 5.97 Å². The lowest BCUT2D eigenvalue weighted by atomic mass is 9.98. The second-order valence-corrected chi connectivity index (χ2v) is 8.00. The molecule has 0 unspecified atom stereocenters. The molecule has 0 spiro atoms. The molecule has 3 rings (SSSR count). The zero-order chi connectivity index (χ0) is 20.3. The van der Waals surface area contributed by atoms with Crippen LogP contribution in [0.4, 0.5) is 0 Å². The van der Waals surface area contributed by atoms with Gasteiger partial charge in [0.25, 0.3) is 0 Å². The fourth-order valence-electron chi connectivity index (χ4n) is 3.28. The van der Waals surface area contributed by atoms with Gasteiger partial charge in [-0.2, -0.15) is 5.10 Å². The zero-order valence-corrected chi connectivity index (χ0v) is 16.9. The summed E-state index contributed by atoms with van der Waals surface area (Å²) in [7, 11) is 0. The topological polar surface area (TPSA) is 68.0 Å². The molecule has 0 atom stereocenters. The molecule has 0 saturated carbocycles. The van der Waals surface area contributed by atoms with Crippen molar-refractivity contribution in [2.75, 3.05) is 0 Å². The van der Waals surface area contributed by atoms with Gasteiger partial charge in [-0.3, -0.25) is 0 Å². The van der Waals surface area contributed by atoms with Gasteiger partial charge < -0.3 is 5.11 Å². The molecule has 0 saturated heterocycles. The van der Waals surface area contributed by atoms with Crippen LogP contribution in [0.2, 0.25) is 0 Å². The maximum atomic E-state index is 11.5. The molecule has 1 heterocycles. The summed E-state index contributed by atoms with van der Waals surface area (Å²) in [5.74, 6) is 0.926. The van der Waals surface area contributed by atoms with E-state index in [1.807, 2.05) is 41.1 Å². The van der Waals surface area contributed by atoms with Crippen LogP contribution in [0, 0.1) is 0 Å². The highest BCUT2D eigenvalue weighted by Crippen LogP contribution is 2.25. The number of carboxylic acid groups (broad SMARTS) is 1. The van der Waals surface area contributed by atoms with Crippen molar-refractivity contribution in [3.8, 4) is 11.1 Å². The lowest BCUT2D eigenvalue weighted by Gasteiger charge is -2.21. The van der Waals surface area contributed by atoms with Gasteiger partial charge in [0, 0.05) is 12.8 Å². The number of rotatable bonds is 6. The Morgan fingerprint density at radius 2 is 1.75 bits per heavy atom. The number of hydrogen-bond acceptors (Lipinski definition) is 3. The van der Waals surface area contributed by atoms with Crippen molar-refractivity contribution in [1.82, 2.24) is 14.8 Å². The van der Waals surface area contributed by atoms with E-state index < -0.39 is 5.97 Å². The van der Waals surface area contributed by atoms with Crippen LogP contribution in [0.15, 0.2) is 48.5 Å². The molecule has 0 bridgehead atoms. The molecule has 0 radical (unpaired) electrons. The smallest absolute Gasteiger partial charge is 0.336 e. The van der Waals surface area contributed by atoms with Crippen molar-refractivity contribution in [3.05, 3.63) is 71.3 Å². The van der Waals surface area contributed by atoms with E-state index in [1.165, 1.54) is 0 Å². The summed E-state index contributed by atoms with van der Waals surface area (Å²) in [4.78, 5) is 16.2. The quantitative estimate of drug-likeness (QED) is 0.660. The lowest BCUT2D eigenvalue weighted by molar-refractivity contribution is 0.0697. The molecule has 0 aliphatic rings. The third-order valence-corrected chi connectivity index (χ3v) is 4.61. The van der Waals surface area contributed by atoms with E-state index in [2.05, 4.69) is 27.7 Å². The third kappa shape index (κ3) is 4.30. The number of aromatic nitrogens is 3. The van der Waals surface area contributed by atoms with Gasteiger partial charge in [0.15, 0.2) is 5.82 Å². The molecule has 1 aromatic heterocycles. The van der Waals surface area contributed by atoms with Gasteiger partial charge in [-0.1, -0.05) is 49.4 Å². The zero-order valence-electron chi connectivity index (χ0n) is 16.9. The Bertz CT molecular complexity index is 966. The van der Waals surface area contributed by atoms with Crippen molar-refractivity contribution in [1.29, 1.82) is 0 Å². The highest BCUT2D eigenvalue weighted by Gasteiger charge is 2.21. The summed E-state index contributed by atoms with van der Waals surface area (Å²) in [6, 6.07) is 15.1. The number of nitrogens with zero attached hydrogens (tertiary/aromatic N) is 3. The largest absolute Gasteiger partial charge is 0.478 e. The average molecular weight is 377 g/mol. The second kappa shape index (κ2) is 7.97. The minimum absolute atomic E-state index is 0.130. The standard InChI is InChI=1S/C23H27N3O2/c1-5-8-20-24-21(26(25-20)23(2,3)4)15-16-11-13-17(14-12-16)18-9-6-7-10-19(18)22(27)28/h6-7,9-14H,5,8,15H2,1-4H3,(H,27,28). The first kappa shape index (κ1) is 19.8. The molecule has 3 aromatic rings. The third-order valence-electron chi connectivity index (χ3n) is 4.61. The molecular formula is C23H27N3O2. The van der Waals surface area contributed by atoms with E-state index in [0.29, 0.717) is 12.0 Å². The van der Waals surface area contributed by atoms with Gasteiger partial charge in [-0.15, -0.1) is 0 Å². The van der Waals surface area contributed by atoms with Gasteiger partial charge in [-0.05, 0) is 49.9 Å². The Morgan fingerprint density at radius 3 is 2.36 bits per heavy atom. The van der Waals surface area contributed by atoms with Gasteiger partial charge in [0.1, 0.15) is 5.82 Å². The number of benzene rings is 2. The van der Waals surface area contributed by atoms with Crippen molar-refractivity contribution in [3.63, 3.8) is 0 Å². The van der Waals surface area contributed by atoms with Gasteiger partial charge in [0.05, 0.1) is 11.1 Å². The first-order valence-corrected chi connectivity index (χ1v) is 9.66. The monoisotopic (exact) mass is 377 g/mol. The van der Waals surface area contributed by atoms with E-state index >= 15 is 0 Å². The Labute approximate surface area is 166 Å². The molecule has 0 amide bonds. The summed E-state index contributed by atoms with van der Waals surface area (Å²) >= 11 is 0. The van der Waals surface area contributed by atoms with Crippen LogP contribution in [0.25, 0.3) is 11.1 Å². The predicted molar refractivity (Wildman–Crippen MR) is 111 cm³/mol. The summed E-state index contributed by atoms with van der Waals surface area (Å²) < 4.78 is 2.02. The Morgan fingerprint density at radius 1 is 1.07 bits per heavy atom. The van der Waals surface area contributed by atoms with Crippen molar-refractivity contribution < 1.29 is 9.90 Å². The maximum Gasteiger partial charge on any atom is 0.336 e. The van der Waals surface area contributed by atoms with Crippen LogP contribution in [-0.4, -0.2) is 25.8 Å². The summed E-state index contributed by atoms with van der Waals surface area (Å²) in [5, 5.41) is 14.1. The fourth-order valence-corrected chi connectivity index (χ4v) is 3.28. The number of carbonyl (C=O) groups is 1. The van der Waals surface area contributed by atoms with Gasteiger partial charge >= 0.3 is 5.97 Å². The molecule has 146 valence electrons. The van der Waals surface area contributed by atoms with Gasteiger partial charge in [0.2, 0.25) is 0 Å². The Hall–Kier alpha value is -2.95. The minimum atomic E-state index is -0.915. The number of aryl methyl sites for hydroxylation is 1. The molecule has 1 N–H and O–H groups in total. The predicted octanol–water partition coefficient (Wildman–Crippen LogP) is 4.94. The molecule has 2 aromatic carbocycles. The molecule has 0 aliphatic heterocycles. The normalized spacial score (nSPS) is 11.6. The van der Waals surface area contributed by atoms with E-state index in [-0.39, 0.29) is 5.54 Å². The molecule has 5 nitrogen and oxygen atoms in total. The van der Waals surface area contributed by atoms with E-state index in [9.17, 15) is 9.90 Å². The SMILES string of the molecule is CCCc1nc(Cc2ccc(-c3ccccc3C(=O)O)cc2)n(C(C)(C)C)n1. The number of carboxylic acids is 1. The van der Waals surface area contributed by atoms with E-state index in [4.69, 9.17) is 10.1 Å². The van der Waals surface area contributed by atoms with Crippen LogP contribution in [0.3, 0.4) is 0 Å². The van der Waals surface area contributed by atoms with Crippen LogP contribution >= 0.6 is 0 Å². The van der Waals surface area contributed by atoms with Crippen LogP contribution < -0.4 is 0 Å². The molecular weight excluding hydrogens is 350 g/mol. The Balaban J connectivity index is 1.89. The first-order valence-electron chi connectivity index (χ1n) is 9.66. The molecule has 5 heteroatoms. The fraction of sp³-hybridized carbons (Fsp3) is 0.348. The van der Waals surface area contributed by atoms with Crippen molar-refractivity contribution in [2.45, 2.75) is 52.5 Å². The second-order valence-electron chi connectivity index (χ2n) is 8.00. The summed E-state index contributed by atoms with van der Waals surface area (Å²) in [6.45, 7) is 8.53. The minimum Gasteiger partial charge on any atom is -0.478 e. The maximum absolute atomic E-state index is 11.5. The average Bonchev–Trinajstić information content (AvgIpc) is 3.05. The molecule has 28 heavy (non-hydrogen) atoms. The van der Waals surface area contributed by atoms with E-state index in [0.717, 1.165) is 41.2 Å². The first-order chi connectivity index (χ1) is 13.3. The Kier molecular flexibility index (Phi) is 5.63. The van der Waals surface area contributed by atoms with Crippen LogP contribution in [0.1, 0.15) is 61.7 Å². The molecule has 0 aliphatic carbocycles. The van der Waals surface area contributed by atoms with Crippen molar-refractivity contribution in [2.24, 2.45) is 0 Å². The number of hydrogen-bond donors (Lipinski definition) is 1. The van der Waals surface area contributed by atoms with Crippen LogP contribution in [-0.2, 0) is 18.4 Å². The highest BCUT2D eigenvalue weighted by atomic mass is 16.4. The summed E-state index contributed by atoms with van der Waals surface area (Å²) in [5.41, 5.74) is 2.93. The van der Waals surface area contributed by atoms with Gasteiger partial charge in [-0.25, -0.2) is 14.5 Å². The summed E-state index contributed by atoms with van der Waals surface area (Å²) in [6.07, 6.45) is 2.58. The highest BCUT2D eigenvalue weighted by molar-refractivity contribution is 5.95. The lowest BCUT2D eigenvalue weighted by Crippen LogP contribution is -2.25. The molecule has 0 fully saturated rings. The number of aromatic carboxylic acids is 1. The van der Waals surface area contributed by atoms with E-state index in [1.54, 1.807) is 12.1 Å².